The van der Waals surface area contributed by atoms with Gasteiger partial charge in [0.05, 0.1) is 12.3 Å². The lowest BCUT2D eigenvalue weighted by molar-refractivity contribution is 0.460. The molecule has 0 saturated heterocycles. The van der Waals surface area contributed by atoms with Crippen LogP contribution in [0.5, 0.6) is 0 Å². The number of hydrogen-bond donors (Lipinski definition) is 1. The Kier molecular flexibility index (Phi) is 3.11. The Morgan fingerprint density at radius 2 is 1.75 bits per heavy atom. The van der Waals surface area contributed by atoms with Crippen LogP contribution in [0.25, 0.3) is 0 Å². The van der Waals surface area contributed by atoms with Gasteiger partial charge in [0.25, 0.3) is 0 Å². The summed E-state index contributed by atoms with van der Waals surface area (Å²) in [5, 5.41) is 3.29. The van der Waals surface area contributed by atoms with Gasteiger partial charge >= 0.3 is 0 Å². The fraction of sp³-hybridized carbons (Fsp3) is 0.286. The minimum absolute atomic E-state index is 0.135. The predicted octanol–water partition coefficient (Wildman–Crippen LogP) is 3.21. The van der Waals surface area contributed by atoms with Crippen molar-refractivity contribution in [2.24, 2.45) is 0 Å². The molecule has 1 atom stereocenters. The number of aryl methyl sites for hydroxylation is 2. The Labute approximate surface area is 96.3 Å². The molecule has 2 rings (SSSR count). The van der Waals surface area contributed by atoms with Crippen LogP contribution in [-0.4, -0.2) is 7.05 Å². The van der Waals surface area contributed by atoms with E-state index in [9.17, 15) is 0 Å². The van der Waals surface area contributed by atoms with Gasteiger partial charge in [-0.15, -0.1) is 0 Å². The third kappa shape index (κ3) is 2.02. The van der Waals surface area contributed by atoms with Gasteiger partial charge in [0, 0.05) is 0 Å². The lowest BCUT2D eigenvalue weighted by atomic mass is 10.0. The summed E-state index contributed by atoms with van der Waals surface area (Å²) in [7, 11) is 1.95. The largest absolute Gasteiger partial charge is 0.467 e. The molecule has 16 heavy (non-hydrogen) atoms. The first-order chi connectivity index (χ1) is 7.72. The van der Waals surface area contributed by atoms with Crippen molar-refractivity contribution in [3.8, 4) is 0 Å². The second-order valence-corrected chi connectivity index (χ2v) is 4.10. The van der Waals surface area contributed by atoms with Crippen LogP contribution in [-0.2, 0) is 0 Å². The summed E-state index contributed by atoms with van der Waals surface area (Å²) < 4.78 is 5.54. The molecule has 0 spiro atoms. The molecule has 2 aromatic rings. The minimum Gasteiger partial charge on any atom is -0.467 e. The number of benzene rings is 1. The number of hydrogen-bond acceptors (Lipinski definition) is 2. The Hall–Kier alpha value is -1.54. The van der Waals surface area contributed by atoms with E-state index in [-0.39, 0.29) is 6.04 Å². The monoisotopic (exact) mass is 215 g/mol. The van der Waals surface area contributed by atoms with Crippen LogP contribution in [0.1, 0.15) is 28.5 Å². The fourth-order valence-corrected chi connectivity index (χ4v) is 1.89. The summed E-state index contributed by atoms with van der Waals surface area (Å²) >= 11 is 0. The number of furan rings is 1. The van der Waals surface area contributed by atoms with Gasteiger partial charge < -0.3 is 9.73 Å². The maximum Gasteiger partial charge on any atom is 0.128 e. The molecule has 1 aromatic heterocycles. The van der Waals surface area contributed by atoms with Gasteiger partial charge in [0.1, 0.15) is 5.76 Å². The molecule has 0 bridgehead atoms. The second-order valence-electron chi connectivity index (χ2n) is 4.10. The standard InChI is InChI=1S/C14H17NO/c1-10-4-6-12(7-5-10)13(15-3)14-11(2)8-9-16-14/h4-9,13,15H,1-3H3. The van der Waals surface area contributed by atoms with E-state index in [0.29, 0.717) is 0 Å². The molecule has 0 aliphatic carbocycles. The molecule has 2 nitrogen and oxygen atoms in total. The van der Waals surface area contributed by atoms with Crippen molar-refractivity contribution in [2.45, 2.75) is 19.9 Å². The first-order valence-electron chi connectivity index (χ1n) is 5.50. The second kappa shape index (κ2) is 4.54. The van der Waals surface area contributed by atoms with Gasteiger partial charge in [-0.1, -0.05) is 29.8 Å². The molecule has 2 heteroatoms. The molecule has 0 radical (unpaired) electrons. The van der Waals surface area contributed by atoms with Crippen molar-refractivity contribution >= 4 is 0 Å². The zero-order chi connectivity index (χ0) is 11.5. The molecular weight excluding hydrogens is 198 g/mol. The van der Waals surface area contributed by atoms with Crippen molar-refractivity contribution in [3.05, 3.63) is 59.0 Å². The van der Waals surface area contributed by atoms with Gasteiger partial charge in [-0.2, -0.15) is 0 Å². The normalized spacial score (nSPS) is 12.7. The third-order valence-electron chi connectivity index (χ3n) is 2.86. The summed E-state index contributed by atoms with van der Waals surface area (Å²) in [6.07, 6.45) is 1.74. The minimum atomic E-state index is 0.135. The Morgan fingerprint density at radius 3 is 2.25 bits per heavy atom. The van der Waals surface area contributed by atoms with Crippen molar-refractivity contribution in [2.75, 3.05) is 7.05 Å². The zero-order valence-electron chi connectivity index (χ0n) is 9.95. The van der Waals surface area contributed by atoms with E-state index in [4.69, 9.17) is 4.42 Å². The quantitative estimate of drug-likeness (QED) is 0.850. The van der Waals surface area contributed by atoms with Crippen LogP contribution < -0.4 is 5.32 Å². The molecule has 0 fully saturated rings. The average Bonchev–Trinajstić information content (AvgIpc) is 2.69. The zero-order valence-corrected chi connectivity index (χ0v) is 9.95. The van der Waals surface area contributed by atoms with Gasteiger partial charge in [-0.05, 0) is 38.1 Å². The van der Waals surface area contributed by atoms with Crippen LogP contribution in [0.4, 0.5) is 0 Å². The molecule has 84 valence electrons. The molecule has 0 amide bonds. The van der Waals surface area contributed by atoms with Crippen molar-refractivity contribution in [1.29, 1.82) is 0 Å². The average molecular weight is 215 g/mol. The topological polar surface area (TPSA) is 25.2 Å². The molecule has 0 aliphatic rings. The summed E-state index contributed by atoms with van der Waals surface area (Å²) in [4.78, 5) is 0. The van der Waals surface area contributed by atoms with E-state index in [1.54, 1.807) is 6.26 Å². The van der Waals surface area contributed by atoms with Crippen LogP contribution in [0.2, 0.25) is 0 Å². The lowest BCUT2D eigenvalue weighted by Gasteiger charge is -2.15. The van der Waals surface area contributed by atoms with E-state index >= 15 is 0 Å². The van der Waals surface area contributed by atoms with E-state index in [1.807, 2.05) is 13.1 Å². The fourth-order valence-electron chi connectivity index (χ4n) is 1.89. The molecule has 1 N–H and O–H groups in total. The van der Waals surface area contributed by atoms with Crippen LogP contribution in [0.15, 0.2) is 41.0 Å². The number of rotatable bonds is 3. The molecule has 1 aromatic carbocycles. The summed E-state index contributed by atoms with van der Waals surface area (Å²) in [5.41, 5.74) is 3.68. The van der Waals surface area contributed by atoms with Gasteiger partial charge in [0.15, 0.2) is 0 Å². The molecule has 1 heterocycles. The first kappa shape index (κ1) is 11.0. The number of nitrogens with one attached hydrogen (secondary N) is 1. The van der Waals surface area contributed by atoms with E-state index < -0.39 is 0 Å². The lowest BCUT2D eigenvalue weighted by Crippen LogP contribution is -2.17. The summed E-state index contributed by atoms with van der Waals surface area (Å²) in [6.45, 7) is 4.16. The van der Waals surface area contributed by atoms with Crippen LogP contribution in [0.3, 0.4) is 0 Å². The highest BCUT2D eigenvalue weighted by Crippen LogP contribution is 2.25. The van der Waals surface area contributed by atoms with Crippen LogP contribution >= 0.6 is 0 Å². The Balaban J connectivity index is 2.37. The maximum absolute atomic E-state index is 5.54. The first-order valence-corrected chi connectivity index (χ1v) is 5.50. The smallest absolute Gasteiger partial charge is 0.128 e. The highest BCUT2D eigenvalue weighted by Gasteiger charge is 2.16. The van der Waals surface area contributed by atoms with Crippen molar-refractivity contribution in [1.82, 2.24) is 5.32 Å². The predicted molar refractivity (Wildman–Crippen MR) is 65.5 cm³/mol. The van der Waals surface area contributed by atoms with Gasteiger partial charge in [-0.3, -0.25) is 0 Å². The Bertz CT molecular complexity index is 456. The van der Waals surface area contributed by atoms with E-state index in [0.717, 1.165) is 5.76 Å². The summed E-state index contributed by atoms with van der Waals surface area (Å²) in [6, 6.07) is 10.6. The van der Waals surface area contributed by atoms with E-state index in [1.165, 1.54) is 16.7 Å². The molecular formula is C14H17NO. The Morgan fingerprint density at radius 1 is 1.06 bits per heavy atom. The van der Waals surface area contributed by atoms with Crippen molar-refractivity contribution in [3.63, 3.8) is 0 Å². The van der Waals surface area contributed by atoms with Gasteiger partial charge in [0.2, 0.25) is 0 Å². The highest BCUT2D eigenvalue weighted by atomic mass is 16.3. The third-order valence-corrected chi connectivity index (χ3v) is 2.86. The van der Waals surface area contributed by atoms with Gasteiger partial charge in [-0.25, -0.2) is 0 Å². The highest BCUT2D eigenvalue weighted by molar-refractivity contribution is 5.32. The van der Waals surface area contributed by atoms with Crippen LogP contribution in [0, 0.1) is 13.8 Å². The maximum atomic E-state index is 5.54. The summed E-state index contributed by atoms with van der Waals surface area (Å²) in [5.74, 6) is 0.992. The molecule has 0 saturated carbocycles. The van der Waals surface area contributed by atoms with Crippen molar-refractivity contribution < 1.29 is 4.42 Å². The SMILES string of the molecule is CNC(c1ccc(C)cc1)c1occc1C. The van der Waals surface area contributed by atoms with E-state index in [2.05, 4.69) is 43.4 Å². The molecule has 0 aliphatic heterocycles. The molecule has 1 unspecified atom stereocenters.